The summed E-state index contributed by atoms with van der Waals surface area (Å²) in [5.41, 5.74) is 1.12. The quantitative estimate of drug-likeness (QED) is 0.722. The smallest absolute Gasteiger partial charge is 0.201 e. The van der Waals surface area contributed by atoms with Gasteiger partial charge in [0.05, 0.1) is 0 Å². The second-order valence-electron chi connectivity index (χ2n) is 2.37. The summed E-state index contributed by atoms with van der Waals surface area (Å²) in [6.07, 6.45) is 4.21. The van der Waals surface area contributed by atoms with Gasteiger partial charge in [-0.1, -0.05) is 42.5 Å². The van der Waals surface area contributed by atoms with Crippen LogP contribution in [-0.4, -0.2) is 4.69 Å². The van der Waals surface area contributed by atoms with Crippen molar-refractivity contribution in [2.75, 3.05) is 0 Å². The molecule has 0 spiro atoms. The van der Waals surface area contributed by atoms with Crippen molar-refractivity contribution in [3.05, 3.63) is 42.0 Å². The predicted molar refractivity (Wildman–Crippen MR) is 54.0 cm³/mol. The first-order chi connectivity index (χ1) is 5.79. The number of benzene rings is 1. The third-order valence-corrected chi connectivity index (χ3v) is 1.71. The monoisotopic (exact) mass is 224 g/mol. The molecule has 0 saturated heterocycles. The van der Waals surface area contributed by atoms with Crippen LogP contribution < -0.4 is 0 Å². The Labute approximate surface area is 80.2 Å². The summed E-state index contributed by atoms with van der Waals surface area (Å²) < 4.78 is 0.00896. The number of allylic oxidation sites excluding steroid dienone is 1. The molecule has 0 atom stereocenters. The molecular weight excluding hydrogens is 216 g/mol. The maximum absolute atomic E-state index is 10.5. The lowest BCUT2D eigenvalue weighted by Crippen LogP contribution is -1.78. The van der Waals surface area contributed by atoms with E-state index in [-0.39, 0.29) is 4.69 Å². The Hall–Kier alpha value is -0.890. The van der Waals surface area contributed by atoms with E-state index in [0.717, 1.165) is 5.56 Å². The lowest BCUT2D eigenvalue weighted by atomic mass is 10.2. The number of carbonyl (C=O) groups is 1. The molecule has 1 aromatic rings. The van der Waals surface area contributed by atoms with Crippen molar-refractivity contribution in [3.8, 4) is 0 Å². The Morgan fingerprint density at radius 2 is 2.00 bits per heavy atom. The summed E-state index contributed by atoms with van der Waals surface area (Å²) in [7, 11) is 0. The van der Waals surface area contributed by atoms with Gasteiger partial charge in [0.15, 0.2) is 0 Å². The van der Waals surface area contributed by atoms with Gasteiger partial charge in [-0.25, -0.2) is 0 Å². The number of halogens is 1. The van der Waals surface area contributed by atoms with E-state index < -0.39 is 0 Å². The molecule has 2 heteroatoms. The van der Waals surface area contributed by atoms with Crippen molar-refractivity contribution in [3.63, 3.8) is 0 Å². The van der Waals surface area contributed by atoms with E-state index >= 15 is 0 Å². The van der Waals surface area contributed by atoms with Crippen molar-refractivity contribution >= 4 is 26.7 Å². The normalized spacial score (nSPS) is 10.4. The Bertz CT molecular complexity index is 277. The van der Waals surface area contributed by atoms with Gasteiger partial charge < -0.3 is 0 Å². The third-order valence-electron chi connectivity index (χ3n) is 1.39. The van der Waals surface area contributed by atoms with E-state index in [0.29, 0.717) is 6.42 Å². The maximum Gasteiger partial charge on any atom is 0.201 e. The summed E-state index contributed by atoms with van der Waals surface area (Å²) in [6, 6.07) is 9.89. The summed E-state index contributed by atoms with van der Waals surface area (Å²) in [4.78, 5) is 10.5. The minimum atomic E-state index is 0.00896. The maximum atomic E-state index is 10.5. The van der Waals surface area contributed by atoms with E-state index in [1.807, 2.05) is 42.5 Å². The van der Waals surface area contributed by atoms with Crippen LogP contribution in [0.4, 0.5) is 0 Å². The highest BCUT2D eigenvalue weighted by atomic mass is 79.9. The summed E-state index contributed by atoms with van der Waals surface area (Å²) in [5.74, 6) is 0. The molecule has 1 rings (SSSR count). The second kappa shape index (κ2) is 4.88. The molecule has 0 aliphatic heterocycles. The molecule has 0 N–H and O–H groups in total. The summed E-state index contributed by atoms with van der Waals surface area (Å²) in [6.45, 7) is 0. The van der Waals surface area contributed by atoms with Crippen molar-refractivity contribution in [1.29, 1.82) is 0 Å². The molecule has 0 fully saturated rings. The zero-order chi connectivity index (χ0) is 8.81. The molecular formula is C10H9BrO. The number of carbonyl (C=O) groups excluding carboxylic acids is 1. The molecule has 0 bridgehead atoms. The van der Waals surface area contributed by atoms with Crippen LogP contribution in [0.3, 0.4) is 0 Å². The van der Waals surface area contributed by atoms with Crippen LogP contribution in [-0.2, 0) is 4.79 Å². The lowest BCUT2D eigenvalue weighted by molar-refractivity contribution is -0.109. The largest absolute Gasteiger partial charge is 0.286 e. The average molecular weight is 225 g/mol. The standard InChI is InChI=1S/C10H9BrO/c11-10(12)8-4-7-9-5-2-1-3-6-9/h1-7H,8H2. The molecule has 0 saturated carbocycles. The Kier molecular flexibility index (Phi) is 3.74. The first-order valence-corrected chi connectivity index (χ1v) is 4.48. The zero-order valence-corrected chi connectivity index (χ0v) is 8.12. The van der Waals surface area contributed by atoms with Gasteiger partial charge in [0.2, 0.25) is 4.69 Å². The van der Waals surface area contributed by atoms with Crippen molar-refractivity contribution < 1.29 is 4.79 Å². The molecule has 12 heavy (non-hydrogen) atoms. The predicted octanol–water partition coefficient (Wildman–Crippen LogP) is 3.01. The van der Waals surface area contributed by atoms with Gasteiger partial charge in [-0.15, -0.1) is 0 Å². The highest BCUT2D eigenvalue weighted by molar-refractivity contribution is 9.18. The van der Waals surface area contributed by atoms with Crippen LogP contribution in [0, 0.1) is 0 Å². The highest BCUT2D eigenvalue weighted by Crippen LogP contribution is 2.02. The fourth-order valence-electron chi connectivity index (χ4n) is 0.852. The molecule has 0 aliphatic rings. The number of hydrogen-bond donors (Lipinski definition) is 0. The summed E-state index contributed by atoms with van der Waals surface area (Å²) in [5, 5.41) is 0. The molecule has 0 amide bonds. The number of rotatable bonds is 3. The summed E-state index contributed by atoms with van der Waals surface area (Å²) >= 11 is 2.86. The van der Waals surface area contributed by atoms with E-state index in [2.05, 4.69) is 15.9 Å². The third kappa shape index (κ3) is 3.49. The van der Waals surface area contributed by atoms with Gasteiger partial charge in [0.25, 0.3) is 0 Å². The van der Waals surface area contributed by atoms with Gasteiger partial charge in [0, 0.05) is 6.42 Å². The van der Waals surface area contributed by atoms with Crippen molar-refractivity contribution in [2.45, 2.75) is 6.42 Å². The van der Waals surface area contributed by atoms with E-state index in [1.54, 1.807) is 0 Å². The second-order valence-corrected chi connectivity index (χ2v) is 3.26. The minimum Gasteiger partial charge on any atom is -0.286 e. The first kappa shape index (κ1) is 9.20. The van der Waals surface area contributed by atoms with Crippen LogP contribution in [0.5, 0.6) is 0 Å². The SMILES string of the molecule is O=C(Br)CC=Cc1ccccc1. The Balaban J connectivity index is 2.52. The van der Waals surface area contributed by atoms with Crippen molar-refractivity contribution in [1.82, 2.24) is 0 Å². The van der Waals surface area contributed by atoms with E-state index in [4.69, 9.17) is 0 Å². The molecule has 0 heterocycles. The Morgan fingerprint density at radius 3 is 2.58 bits per heavy atom. The van der Waals surface area contributed by atoms with Crippen LogP contribution in [0.15, 0.2) is 36.4 Å². The Morgan fingerprint density at radius 1 is 1.33 bits per heavy atom. The lowest BCUT2D eigenvalue weighted by Gasteiger charge is -1.89. The molecule has 0 aliphatic carbocycles. The molecule has 0 aromatic heterocycles. The molecule has 62 valence electrons. The van der Waals surface area contributed by atoms with Crippen LogP contribution in [0.25, 0.3) is 6.08 Å². The average Bonchev–Trinajstić information content (AvgIpc) is 2.05. The van der Waals surface area contributed by atoms with Gasteiger partial charge >= 0.3 is 0 Å². The minimum absolute atomic E-state index is 0.00896. The topological polar surface area (TPSA) is 17.1 Å². The van der Waals surface area contributed by atoms with Gasteiger partial charge in [0.1, 0.15) is 0 Å². The molecule has 1 aromatic carbocycles. The van der Waals surface area contributed by atoms with Gasteiger partial charge in [-0.3, -0.25) is 4.79 Å². The highest BCUT2D eigenvalue weighted by Gasteiger charge is 1.88. The molecule has 0 unspecified atom stereocenters. The van der Waals surface area contributed by atoms with Gasteiger partial charge in [-0.2, -0.15) is 0 Å². The first-order valence-electron chi connectivity index (χ1n) is 3.69. The van der Waals surface area contributed by atoms with Crippen LogP contribution in [0.2, 0.25) is 0 Å². The van der Waals surface area contributed by atoms with E-state index in [1.165, 1.54) is 0 Å². The number of hydrogen-bond acceptors (Lipinski definition) is 1. The zero-order valence-electron chi connectivity index (χ0n) is 6.53. The van der Waals surface area contributed by atoms with Crippen molar-refractivity contribution in [2.24, 2.45) is 0 Å². The fraction of sp³-hybridized carbons (Fsp3) is 0.100. The van der Waals surface area contributed by atoms with Crippen LogP contribution >= 0.6 is 15.9 Å². The fourth-order valence-corrected chi connectivity index (χ4v) is 1.04. The molecule has 0 radical (unpaired) electrons. The van der Waals surface area contributed by atoms with Crippen LogP contribution in [0.1, 0.15) is 12.0 Å². The van der Waals surface area contributed by atoms with E-state index in [9.17, 15) is 4.79 Å². The van der Waals surface area contributed by atoms with Gasteiger partial charge in [-0.05, 0) is 21.5 Å². The molecule has 1 nitrogen and oxygen atoms in total.